The van der Waals surface area contributed by atoms with Crippen LogP contribution in [-0.4, -0.2) is 24.0 Å². The third kappa shape index (κ3) is 4.41. The second kappa shape index (κ2) is 8.19. The first-order chi connectivity index (χ1) is 11.6. The molecule has 0 atom stereocenters. The van der Waals surface area contributed by atoms with Gasteiger partial charge in [-0.3, -0.25) is 4.79 Å². The van der Waals surface area contributed by atoms with Crippen molar-refractivity contribution in [3.05, 3.63) is 58.6 Å². The fraction of sp³-hybridized carbons (Fsp3) is 0.278. The Bertz CT molecular complexity index is 733. The molecule has 0 bridgehead atoms. The Morgan fingerprint density at radius 1 is 1.25 bits per heavy atom. The van der Waals surface area contributed by atoms with Gasteiger partial charge in [0.25, 0.3) is 5.91 Å². The van der Waals surface area contributed by atoms with Gasteiger partial charge in [0.05, 0.1) is 4.58 Å². The van der Waals surface area contributed by atoms with Crippen molar-refractivity contribution in [3.63, 3.8) is 0 Å². The summed E-state index contributed by atoms with van der Waals surface area (Å²) in [5.74, 6) is 2.88. The van der Waals surface area contributed by atoms with Crippen molar-refractivity contribution in [2.24, 2.45) is 0 Å². The van der Waals surface area contributed by atoms with E-state index in [2.05, 4.69) is 11.4 Å². The summed E-state index contributed by atoms with van der Waals surface area (Å²) < 4.78 is 6.15. The average molecular weight is 380 g/mol. The summed E-state index contributed by atoms with van der Waals surface area (Å²) in [6.45, 7) is 1.90. The van der Waals surface area contributed by atoms with Gasteiger partial charge >= 0.3 is 0 Å². The maximum absolute atomic E-state index is 12.1. The van der Waals surface area contributed by atoms with Crippen molar-refractivity contribution in [2.45, 2.75) is 11.5 Å². The lowest BCUT2D eigenvalue weighted by atomic mass is 10.2. The normalized spacial score (nSPS) is 14.6. The van der Waals surface area contributed by atoms with Crippen LogP contribution in [0, 0.1) is 6.92 Å². The largest absolute Gasteiger partial charge is 0.483 e. The Balaban J connectivity index is 1.61. The Morgan fingerprint density at radius 3 is 2.75 bits per heavy atom. The van der Waals surface area contributed by atoms with Gasteiger partial charge in [-0.15, -0.1) is 23.5 Å². The molecule has 1 aliphatic heterocycles. The first-order valence-corrected chi connectivity index (χ1v) is 10.1. The van der Waals surface area contributed by atoms with Crippen molar-refractivity contribution >= 4 is 46.7 Å². The molecule has 6 heteroatoms. The Morgan fingerprint density at radius 2 is 2.00 bits per heavy atom. The number of amides is 1. The Kier molecular flexibility index (Phi) is 5.98. The van der Waals surface area contributed by atoms with E-state index in [4.69, 9.17) is 16.3 Å². The number of hydrogen-bond donors (Lipinski definition) is 1. The molecular weight excluding hydrogens is 362 g/mol. The molecule has 0 spiro atoms. The Labute approximate surface area is 155 Å². The number of carbonyl (C=O) groups is 1. The zero-order valence-corrected chi connectivity index (χ0v) is 15.6. The van der Waals surface area contributed by atoms with Gasteiger partial charge in [-0.25, -0.2) is 0 Å². The lowest BCUT2D eigenvalue weighted by molar-refractivity contribution is -0.118. The fourth-order valence-corrected chi connectivity index (χ4v) is 5.44. The van der Waals surface area contributed by atoms with Crippen molar-refractivity contribution in [2.75, 3.05) is 23.4 Å². The highest BCUT2D eigenvalue weighted by Gasteiger charge is 2.21. The van der Waals surface area contributed by atoms with E-state index in [0.717, 1.165) is 28.4 Å². The van der Waals surface area contributed by atoms with Crippen LogP contribution in [0.1, 0.15) is 15.7 Å². The molecule has 0 aromatic heterocycles. The molecular formula is C18H18ClNO2S2. The predicted molar refractivity (Wildman–Crippen MR) is 104 cm³/mol. The first kappa shape index (κ1) is 17.5. The van der Waals surface area contributed by atoms with Crippen LogP contribution < -0.4 is 10.1 Å². The van der Waals surface area contributed by atoms with E-state index in [1.54, 1.807) is 6.07 Å². The van der Waals surface area contributed by atoms with Crippen LogP contribution in [0.2, 0.25) is 5.02 Å². The zero-order chi connectivity index (χ0) is 16.9. The van der Waals surface area contributed by atoms with E-state index < -0.39 is 0 Å². The summed E-state index contributed by atoms with van der Waals surface area (Å²) in [5.41, 5.74) is 2.80. The number of anilines is 1. The average Bonchev–Trinajstić information content (AvgIpc) is 3.11. The number of aryl methyl sites for hydroxylation is 1. The van der Waals surface area contributed by atoms with Crippen LogP contribution in [0.25, 0.3) is 0 Å². The number of hydrogen-bond acceptors (Lipinski definition) is 4. The number of carbonyl (C=O) groups excluding carboxylic acids is 1. The molecule has 3 nitrogen and oxygen atoms in total. The summed E-state index contributed by atoms with van der Waals surface area (Å²) in [7, 11) is 0. The maximum atomic E-state index is 12.1. The van der Waals surface area contributed by atoms with Crippen LogP contribution in [0.15, 0.2) is 42.5 Å². The van der Waals surface area contributed by atoms with Crippen LogP contribution >= 0.6 is 35.1 Å². The summed E-state index contributed by atoms with van der Waals surface area (Å²) in [6.07, 6.45) is 0. The third-order valence-electron chi connectivity index (χ3n) is 3.61. The molecule has 0 unspecified atom stereocenters. The standard InChI is InChI=1S/C18H18ClNO2S2/c1-12-6-7-13(10-15(12)19)20-17(21)11-22-16-5-3-2-4-14(16)18-23-8-9-24-18/h2-7,10,18H,8-9,11H2,1H3,(H,20,21). The third-order valence-corrected chi connectivity index (χ3v) is 7.08. The number of ether oxygens (including phenoxy) is 1. The molecule has 0 aliphatic carbocycles. The minimum Gasteiger partial charge on any atom is -0.483 e. The monoisotopic (exact) mass is 379 g/mol. The van der Waals surface area contributed by atoms with E-state index in [0.29, 0.717) is 15.3 Å². The lowest BCUT2D eigenvalue weighted by Gasteiger charge is -2.15. The molecule has 2 aromatic rings. The molecule has 1 aliphatic rings. The minimum atomic E-state index is -0.198. The smallest absolute Gasteiger partial charge is 0.262 e. The first-order valence-electron chi connectivity index (χ1n) is 7.64. The summed E-state index contributed by atoms with van der Waals surface area (Å²) in [4.78, 5) is 12.1. The van der Waals surface area contributed by atoms with Gasteiger partial charge in [0.2, 0.25) is 0 Å². The second-order valence-electron chi connectivity index (χ2n) is 5.41. The van der Waals surface area contributed by atoms with E-state index in [1.165, 1.54) is 0 Å². The highest BCUT2D eigenvalue weighted by Crippen LogP contribution is 2.48. The molecule has 1 amide bonds. The lowest BCUT2D eigenvalue weighted by Crippen LogP contribution is -2.20. The minimum absolute atomic E-state index is 0.0233. The molecule has 1 heterocycles. The van der Waals surface area contributed by atoms with Crippen molar-refractivity contribution < 1.29 is 9.53 Å². The number of benzene rings is 2. The van der Waals surface area contributed by atoms with E-state index >= 15 is 0 Å². The van der Waals surface area contributed by atoms with Gasteiger partial charge in [0.15, 0.2) is 6.61 Å². The molecule has 1 N–H and O–H groups in total. The van der Waals surface area contributed by atoms with E-state index in [9.17, 15) is 4.79 Å². The van der Waals surface area contributed by atoms with Crippen LogP contribution in [-0.2, 0) is 4.79 Å². The van der Waals surface area contributed by atoms with Gasteiger partial charge < -0.3 is 10.1 Å². The van der Waals surface area contributed by atoms with Crippen LogP contribution in [0.5, 0.6) is 5.75 Å². The molecule has 0 radical (unpaired) electrons. The Hall–Kier alpha value is -1.30. The van der Waals surface area contributed by atoms with Gasteiger partial charge in [0, 0.05) is 27.8 Å². The van der Waals surface area contributed by atoms with Crippen molar-refractivity contribution in [1.82, 2.24) is 0 Å². The number of halogens is 1. The van der Waals surface area contributed by atoms with E-state index in [1.807, 2.05) is 60.8 Å². The van der Waals surface area contributed by atoms with Gasteiger partial charge in [0.1, 0.15) is 5.75 Å². The number of rotatable bonds is 5. The number of para-hydroxylation sites is 1. The molecule has 126 valence electrons. The maximum Gasteiger partial charge on any atom is 0.262 e. The summed E-state index contributed by atoms with van der Waals surface area (Å²) in [6, 6.07) is 13.4. The summed E-state index contributed by atoms with van der Waals surface area (Å²) >= 11 is 9.91. The fourth-order valence-electron chi connectivity index (χ4n) is 2.36. The van der Waals surface area contributed by atoms with Gasteiger partial charge in [-0.1, -0.05) is 35.9 Å². The molecule has 2 aromatic carbocycles. The van der Waals surface area contributed by atoms with Crippen molar-refractivity contribution in [3.8, 4) is 5.75 Å². The molecule has 1 fully saturated rings. The van der Waals surface area contributed by atoms with Crippen LogP contribution in [0.4, 0.5) is 5.69 Å². The van der Waals surface area contributed by atoms with Gasteiger partial charge in [-0.05, 0) is 30.7 Å². The molecule has 1 saturated heterocycles. The topological polar surface area (TPSA) is 38.3 Å². The second-order valence-corrected chi connectivity index (χ2v) is 8.54. The van der Waals surface area contributed by atoms with Crippen LogP contribution in [0.3, 0.4) is 0 Å². The van der Waals surface area contributed by atoms with Crippen molar-refractivity contribution in [1.29, 1.82) is 0 Å². The number of thioether (sulfide) groups is 2. The summed E-state index contributed by atoms with van der Waals surface area (Å²) in [5, 5.41) is 3.44. The van der Waals surface area contributed by atoms with Gasteiger partial charge in [-0.2, -0.15) is 0 Å². The predicted octanol–water partition coefficient (Wildman–Crippen LogP) is 5.14. The zero-order valence-electron chi connectivity index (χ0n) is 13.3. The SMILES string of the molecule is Cc1ccc(NC(=O)COc2ccccc2C2SCCS2)cc1Cl. The quantitative estimate of drug-likeness (QED) is 0.780. The molecule has 24 heavy (non-hydrogen) atoms. The van der Waals surface area contributed by atoms with E-state index in [-0.39, 0.29) is 12.5 Å². The molecule has 3 rings (SSSR count). The number of nitrogens with one attached hydrogen (secondary N) is 1. The highest BCUT2D eigenvalue weighted by molar-refractivity contribution is 8.19. The highest BCUT2D eigenvalue weighted by atomic mass is 35.5. The molecule has 0 saturated carbocycles.